The van der Waals surface area contributed by atoms with Gasteiger partial charge in [-0.25, -0.2) is 8.42 Å². The summed E-state index contributed by atoms with van der Waals surface area (Å²) < 4.78 is 30.5. The molecule has 1 aromatic rings. The number of hydrogen-bond donors (Lipinski definition) is 1. The summed E-state index contributed by atoms with van der Waals surface area (Å²) in [5.74, 6) is 0.596. The number of likely N-dealkylation sites (N-methyl/N-ethyl adjacent to an activating group) is 1. The Kier molecular flexibility index (Phi) is 4.37. The van der Waals surface area contributed by atoms with Crippen LogP contribution in [0.25, 0.3) is 0 Å². The van der Waals surface area contributed by atoms with Gasteiger partial charge in [0.05, 0.1) is 17.6 Å². The van der Waals surface area contributed by atoms with Crippen molar-refractivity contribution in [2.75, 3.05) is 20.7 Å². The molecular formula is C12H19NO4S. The molecule has 102 valence electrons. The van der Waals surface area contributed by atoms with E-state index in [4.69, 9.17) is 4.74 Å². The fourth-order valence-corrected chi connectivity index (χ4v) is 2.88. The van der Waals surface area contributed by atoms with E-state index >= 15 is 0 Å². The quantitative estimate of drug-likeness (QED) is 0.872. The Balaban J connectivity index is 2.98. The summed E-state index contributed by atoms with van der Waals surface area (Å²) in [6.45, 7) is 3.15. The molecule has 0 aliphatic heterocycles. The number of benzene rings is 1. The first-order chi connectivity index (χ1) is 8.16. The van der Waals surface area contributed by atoms with Gasteiger partial charge in [0.15, 0.2) is 0 Å². The number of ether oxygens (including phenoxy) is 1. The Labute approximate surface area is 108 Å². The van der Waals surface area contributed by atoms with Crippen LogP contribution >= 0.6 is 0 Å². The van der Waals surface area contributed by atoms with Crippen LogP contribution in [0.5, 0.6) is 5.75 Å². The van der Waals surface area contributed by atoms with Gasteiger partial charge in [0, 0.05) is 13.6 Å². The molecule has 0 unspecified atom stereocenters. The van der Waals surface area contributed by atoms with Crippen molar-refractivity contribution < 1.29 is 18.3 Å². The van der Waals surface area contributed by atoms with Gasteiger partial charge in [-0.15, -0.1) is 0 Å². The molecule has 0 heterocycles. The van der Waals surface area contributed by atoms with E-state index in [0.29, 0.717) is 5.75 Å². The van der Waals surface area contributed by atoms with E-state index in [-0.39, 0.29) is 11.4 Å². The summed E-state index contributed by atoms with van der Waals surface area (Å²) in [6.07, 6.45) is 0. The smallest absolute Gasteiger partial charge is 0.242 e. The number of nitrogens with zero attached hydrogens (tertiary/aromatic N) is 1. The molecule has 0 amide bonds. The minimum atomic E-state index is -3.58. The van der Waals surface area contributed by atoms with Crippen molar-refractivity contribution in [2.24, 2.45) is 0 Å². The maximum atomic E-state index is 12.2. The third-order valence-electron chi connectivity index (χ3n) is 2.38. The lowest BCUT2D eigenvalue weighted by Crippen LogP contribution is -2.39. The van der Waals surface area contributed by atoms with Crippen LogP contribution < -0.4 is 4.74 Å². The molecule has 0 radical (unpaired) electrons. The zero-order valence-corrected chi connectivity index (χ0v) is 11.9. The third-order valence-corrected chi connectivity index (χ3v) is 4.19. The number of rotatable bonds is 5. The molecule has 1 aromatic carbocycles. The number of sulfonamides is 1. The van der Waals surface area contributed by atoms with Crippen molar-refractivity contribution in [3.8, 4) is 5.75 Å². The van der Waals surface area contributed by atoms with E-state index in [0.717, 1.165) is 4.31 Å². The van der Waals surface area contributed by atoms with E-state index in [1.54, 1.807) is 26.0 Å². The fourth-order valence-electron chi connectivity index (χ4n) is 1.56. The summed E-state index contributed by atoms with van der Waals surface area (Å²) >= 11 is 0. The first-order valence-electron chi connectivity index (χ1n) is 5.49. The maximum absolute atomic E-state index is 12.2. The monoisotopic (exact) mass is 273 g/mol. The predicted molar refractivity (Wildman–Crippen MR) is 69.1 cm³/mol. The summed E-state index contributed by atoms with van der Waals surface area (Å²) in [6, 6.07) is 6.14. The average Bonchev–Trinajstić information content (AvgIpc) is 2.27. The van der Waals surface area contributed by atoms with Crippen LogP contribution in [-0.2, 0) is 10.0 Å². The van der Waals surface area contributed by atoms with Gasteiger partial charge in [-0.1, -0.05) is 0 Å². The van der Waals surface area contributed by atoms with Crippen LogP contribution in [0, 0.1) is 0 Å². The third kappa shape index (κ3) is 3.69. The zero-order chi connectivity index (χ0) is 14.0. The highest BCUT2D eigenvalue weighted by molar-refractivity contribution is 7.89. The molecule has 0 saturated heterocycles. The number of aliphatic hydroxyl groups is 1. The molecule has 18 heavy (non-hydrogen) atoms. The molecule has 0 aliphatic rings. The van der Waals surface area contributed by atoms with Crippen LogP contribution in [0.15, 0.2) is 29.2 Å². The van der Waals surface area contributed by atoms with Crippen LogP contribution in [-0.4, -0.2) is 44.1 Å². The highest BCUT2D eigenvalue weighted by atomic mass is 32.2. The highest BCUT2D eigenvalue weighted by Crippen LogP contribution is 2.19. The van der Waals surface area contributed by atoms with Gasteiger partial charge in [0.25, 0.3) is 0 Å². The van der Waals surface area contributed by atoms with Gasteiger partial charge in [-0.2, -0.15) is 4.31 Å². The molecule has 0 aromatic heterocycles. The Hall–Kier alpha value is -1.11. The Bertz CT molecular complexity index is 488. The minimum absolute atomic E-state index is 0.0291. The second-order valence-corrected chi connectivity index (χ2v) is 6.79. The number of hydrogen-bond acceptors (Lipinski definition) is 4. The van der Waals surface area contributed by atoms with E-state index < -0.39 is 15.6 Å². The first kappa shape index (κ1) is 14.9. The van der Waals surface area contributed by atoms with E-state index in [2.05, 4.69) is 0 Å². The molecule has 0 fully saturated rings. The van der Waals surface area contributed by atoms with Gasteiger partial charge < -0.3 is 9.84 Å². The fraction of sp³-hybridized carbons (Fsp3) is 0.500. The van der Waals surface area contributed by atoms with Crippen LogP contribution in [0.1, 0.15) is 13.8 Å². The zero-order valence-electron chi connectivity index (χ0n) is 11.0. The van der Waals surface area contributed by atoms with Gasteiger partial charge >= 0.3 is 0 Å². The second kappa shape index (κ2) is 5.26. The van der Waals surface area contributed by atoms with Crippen molar-refractivity contribution >= 4 is 10.0 Å². The maximum Gasteiger partial charge on any atom is 0.242 e. The van der Waals surface area contributed by atoms with Crippen molar-refractivity contribution in [1.29, 1.82) is 0 Å². The van der Waals surface area contributed by atoms with Gasteiger partial charge in [-0.3, -0.25) is 0 Å². The van der Waals surface area contributed by atoms with Crippen molar-refractivity contribution in [3.05, 3.63) is 24.3 Å². The van der Waals surface area contributed by atoms with Gasteiger partial charge in [0.2, 0.25) is 10.0 Å². The summed E-state index contributed by atoms with van der Waals surface area (Å²) in [7, 11) is -0.620. The predicted octanol–water partition coefficient (Wildman–Crippen LogP) is 1.09. The van der Waals surface area contributed by atoms with Crippen LogP contribution in [0.2, 0.25) is 0 Å². The summed E-state index contributed by atoms with van der Waals surface area (Å²) in [5, 5.41) is 9.65. The normalized spacial score (nSPS) is 12.8. The van der Waals surface area contributed by atoms with Crippen molar-refractivity contribution in [1.82, 2.24) is 4.31 Å². The average molecular weight is 273 g/mol. The van der Waals surface area contributed by atoms with Crippen LogP contribution in [0.3, 0.4) is 0 Å². The SMILES string of the molecule is COc1ccc(S(=O)(=O)N(C)CC(C)(C)O)cc1. The first-order valence-corrected chi connectivity index (χ1v) is 6.93. The molecule has 6 heteroatoms. The van der Waals surface area contributed by atoms with Crippen molar-refractivity contribution in [2.45, 2.75) is 24.3 Å². The Morgan fingerprint density at radius 2 is 1.78 bits per heavy atom. The molecular weight excluding hydrogens is 254 g/mol. The lowest BCUT2D eigenvalue weighted by atomic mass is 10.1. The second-order valence-electron chi connectivity index (χ2n) is 4.75. The lowest BCUT2D eigenvalue weighted by molar-refractivity contribution is 0.0640. The largest absolute Gasteiger partial charge is 0.497 e. The molecule has 0 bridgehead atoms. The summed E-state index contributed by atoms with van der Waals surface area (Å²) in [5.41, 5.74) is -1.08. The van der Waals surface area contributed by atoms with Crippen LogP contribution in [0.4, 0.5) is 0 Å². The number of methoxy groups -OCH3 is 1. The molecule has 1 rings (SSSR count). The van der Waals surface area contributed by atoms with Crippen molar-refractivity contribution in [3.63, 3.8) is 0 Å². The molecule has 0 atom stereocenters. The topological polar surface area (TPSA) is 66.8 Å². The van der Waals surface area contributed by atoms with E-state index in [1.807, 2.05) is 0 Å². The molecule has 0 spiro atoms. The van der Waals surface area contributed by atoms with Gasteiger partial charge in [-0.05, 0) is 38.1 Å². The molecule has 0 aliphatic carbocycles. The Morgan fingerprint density at radius 3 is 2.17 bits per heavy atom. The standard InChI is InChI=1S/C12H19NO4S/c1-12(2,14)9-13(3)18(15,16)11-7-5-10(17-4)6-8-11/h5-8,14H,9H2,1-4H3. The summed E-state index contributed by atoms with van der Waals surface area (Å²) in [4.78, 5) is 0.176. The van der Waals surface area contributed by atoms with E-state index in [1.165, 1.54) is 26.3 Å². The molecule has 1 N–H and O–H groups in total. The lowest BCUT2D eigenvalue weighted by Gasteiger charge is -2.25. The minimum Gasteiger partial charge on any atom is -0.497 e. The Morgan fingerprint density at radius 1 is 1.28 bits per heavy atom. The van der Waals surface area contributed by atoms with E-state index in [9.17, 15) is 13.5 Å². The molecule has 5 nitrogen and oxygen atoms in total. The highest BCUT2D eigenvalue weighted by Gasteiger charge is 2.26. The molecule has 0 saturated carbocycles. The van der Waals surface area contributed by atoms with Gasteiger partial charge in [0.1, 0.15) is 5.75 Å².